The zero-order valence-corrected chi connectivity index (χ0v) is 21.5. The molecule has 1 N–H and O–H groups in total. The summed E-state index contributed by atoms with van der Waals surface area (Å²) in [6.07, 6.45) is 0.791. The molecule has 0 aromatic heterocycles. The second-order valence-electron chi connectivity index (χ2n) is 8.44. The summed E-state index contributed by atoms with van der Waals surface area (Å²) in [6, 6.07) is 24.1. The van der Waals surface area contributed by atoms with Gasteiger partial charge in [0.05, 0.1) is 10.6 Å². The molecule has 0 atom stereocenters. The van der Waals surface area contributed by atoms with Gasteiger partial charge in [-0.05, 0) is 67.0 Å². The van der Waals surface area contributed by atoms with Crippen LogP contribution >= 0.6 is 11.8 Å². The highest BCUT2D eigenvalue weighted by atomic mass is 32.2. The predicted octanol–water partition coefficient (Wildman–Crippen LogP) is 5.61. The van der Waals surface area contributed by atoms with Crippen molar-refractivity contribution in [2.75, 3.05) is 23.1 Å². The van der Waals surface area contributed by atoms with Gasteiger partial charge in [0.2, 0.25) is 5.91 Å². The molecular weight excluding hydrogens is 464 g/mol. The molecule has 0 aliphatic heterocycles. The second-order valence-corrected chi connectivity index (χ2v) is 11.5. The fourth-order valence-corrected chi connectivity index (χ4v) is 5.67. The number of hydrogen-bond acceptors (Lipinski definition) is 4. The number of nitrogens with one attached hydrogen (secondary N) is 1. The van der Waals surface area contributed by atoms with E-state index in [0.29, 0.717) is 18.2 Å². The Hall–Kier alpha value is -2.77. The Bertz CT molecular complexity index is 1160. The SMILES string of the molecule is Cc1ccc(S(=O)(=O)N(CC(=O)NCCCSc2ccccc2)c2ccc(C(C)C)cc2)cc1. The van der Waals surface area contributed by atoms with Gasteiger partial charge in [-0.2, -0.15) is 0 Å². The van der Waals surface area contributed by atoms with Crippen LogP contribution < -0.4 is 9.62 Å². The van der Waals surface area contributed by atoms with Crippen molar-refractivity contribution < 1.29 is 13.2 Å². The van der Waals surface area contributed by atoms with Gasteiger partial charge in [0.1, 0.15) is 6.54 Å². The van der Waals surface area contributed by atoms with Gasteiger partial charge in [0, 0.05) is 11.4 Å². The predicted molar refractivity (Wildman–Crippen MR) is 141 cm³/mol. The van der Waals surface area contributed by atoms with E-state index in [1.54, 1.807) is 48.2 Å². The normalized spacial score (nSPS) is 11.4. The summed E-state index contributed by atoms with van der Waals surface area (Å²) in [6.45, 7) is 6.29. The highest BCUT2D eigenvalue weighted by molar-refractivity contribution is 7.99. The summed E-state index contributed by atoms with van der Waals surface area (Å²) in [4.78, 5) is 14.1. The number of thioether (sulfide) groups is 1. The van der Waals surface area contributed by atoms with E-state index in [2.05, 4.69) is 31.3 Å². The molecule has 7 heteroatoms. The van der Waals surface area contributed by atoms with E-state index >= 15 is 0 Å². The zero-order valence-electron chi connectivity index (χ0n) is 19.9. The highest BCUT2D eigenvalue weighted by Crippen LogP contribution is 2.26. The first-order chi connectivity index (χ1) is 16.3. The monoisotopic (exact) mass is 496 g/mol. The molecule has 0 radical (unpaired) electrons. The maximum Gasteiger partial charge on any atom is 0.264 e. The first kappa shape index (κ1) is 25.8. The van der Waals surface area contributed by atoms with Gasteiger partial charge < -0.3 is 5.32 Å². The van der Waals surface area contributed by atoms with Crippen LogP contribution in [0.3, 0.4) is 0 Å². The Balaban J connectivity index is 1.69. The Morgan fingerprint density at radius 3 is 2.21 bits per heavy atom. The number of anilines is 1. The van der Waals surface area contributed by atoms with Gasteiger partial charge in [-0.3, -0.25) is 9.10 Å². The fraction of sp³-hybridized carbons (Fsp3) is 0.296. The lowest BCUT2D eigenvalue weighted by Gasteiger charge is -2.24. The number of sulfonamides is 1. The van der Waals surface area contributed by atoms with Crippen LogP contribution in [-0.2, 0) is 14.8 Å². The molecule has 1 amide bonds. The zero-order chi connectivity index (χ0) is 24.6. The summed E-state index contributed by atoms with van der Waals surface area (Å²) >= 11 is 1.73. The molecule has 3 rings (SSSR count). The van der Waals surface area contributed by atoms with Gasteiger partial charge >= 0.3 is 0 Å². The van der Waals surface area contributed by atoms with Crippen molar-refractivity contribution in [3.8, 4) is 0 Å². The van der Waals surface area contributed by atoms with Crippen molar-refractivity contribution >= 4 is 33.4 Å². The fourth-order valence-electron chi connectivity index (χ4n) is 3.37. The average Bonchev–Trinajstić information content (AvgIpc) is 2.83. The summed E-state index contributed by atoms with van der Waals surface area (Å²) in [5, 5.41) is 2.87. The minimum Gasteiger partial charge on any atom is -0.354 e. The van der Waals surface area contributed by atoms with Crippen molar-refractivity contribution in [3.63, 3.8) is 0 Å². The standard InChI is InChI=1S/C27H32N2O3S2/c1-21(2)23-12-14-24(15-13-23)29(34(31,32)26-16-10-22(3)11-17-26)20-27(30)28-18-7-19-33-25-8-5-4-6-9-25/h4-6,8-17,21H,7,18-20H2,1-3H3,(H,28,30). The molecule has 0 spiro atoms. The molecule has 0 fully saturated rings. The van der Waals surface area contributed by atoms with E-state index in [0.717, 1.165) is 23.3 Å². The minimum absolute atomic E-state index is 0.165. The lowest BCUT2D eigenvalue weighted by atomic mass is 10.0. The molecule has 5 nitrogen and oxygen atoms in total. The highest BCUT2D eigenvalue weighted by Gasteiger charge is 2.27. The second kappa shape index (κ2) is 12.1. The first-order valence-corrected chi connectivity index (χ1v) is 13.8. The number of carbonyl (C=O) groups is 1. The molecular formula is C27H32N2O3S2. The molecule has 0 saturated heterocycles. The van der Waals surface area contributed by atoms with E-state index < -0.39 is 10.0 Å². The summed E-state index contributed by atoms with van der Waals surface area (Å²) in [5.41, 5.74) is 2.55. The summed E-state index contributed by atoms with van der Waals surface area (Å²) in [7, 11) is -3.90. The largest absolute Gasteiger partial charge is 0.354 e. The molecule has 180 valence electrons. The van der Waals surface area contributed by atoms with E-state index in [4.69, 9.17) is 0 Å². The molecule has 0 bridgehead atoms. The number of aryl methyl sites for hydroxylation is 1. The number of benzene rings is 3. The molecule has 0 aliphatic rings. The van der Waals surface area contributed by atoms with Gasteiger partial charge in [-0.15, -0.1) is 11.8 Å². The van der Waals surface area contributed by atoms with Crippen LogP contribution in [0.1, 0.15) is 37.3 Å². The topological polar surface area (TPSA) is 66.5 Å². The third kappa shape index (κ3) is 7.11. The van der Waals surface area contributed by atoms with E-state index in [1.807, 2.05) is 37.3 Å². The van der Waals surface area contributed by atoms with Crippen molar-refractivity contribution in [1.29, 1.82) is 0 Å². The van der Waals surface area contributed by atoms with Gasteiger partial charge in [0.15, 0.2) is 0 Å². The molecule has 0 aliphatic carbocycles. The van der Waals surface area contributed by atoms with Gasteiger partial charge in [-0.25, -0.2) is 8.42 Å². The van der Waals surface area contributed by atoms with E-state index in [9.17, 15) is 13.2 Å². The molecule has 0 heterocycles. The Morgan fingerprint density at radius 2 is 1.59 bits per heavy atom. The van der Waals surface area contributed by atoms with Crippen LogP contribution in [-0.4, -0.2) is 33.2 Å². The van der Waals surface area contributed by atoms with Gasteiger partial charge in [-0.1, -0.05) is 61.9 Å². The third-order valence-electron chi connectivity index (χ3n) is 5.40. The molecule has 0 saturated carbocycles. The summed E-state index contributed by atoms with van der Waals surface area (Å²) in [5.74, 6) is 0.869. The third-order valence-corrected chi connectivity index (χ3v) is 8.29. The lowest BCUT2D eigenvalue weighted by molar-refractivity contribution is -0.119. The number of rotatable bonds is 11. The number of amides is 1. The molecule has 3 aromatic carbocycles. The van der Waals surface area contributed by atoms with E-state index in [-0.39, 0.29) is 17.3 Å². The Kier molecular flexibility index (Phi) is 9.19. The molecule has 3 aromatic rings. The van der Waals surface area contributed by atoms with Crippen molar-refractivity contribution in [2.24, 2.45) is 0 Å². The van der Waals surface area contributed by atoms with Crippen molar-refractivity contribution in [1.82, 2.24) is 5.32 Å². The Labute approximate surface area is 207 Å². The smallest absolute Gasteiger partial charge is 0.264 e. The van der Waals surface area contributed by atoms with Crippen LogP contribution in [0.2, 0.25) is 0 Å². The molecule has 0 unspecified atom stereocenters. The Morgan fingerprint density at radius 1 is 0.941 bits per heavy atom. The lowest BCUT2D eigenvalue weighted by Crippen LogP contribution is -2.41. The van der Waals surface area contributed by atoms with Crippen molar-refractivity contribution in [3.05, 3.63) is 90.0 Å². The number of nitrogens with zero attached hydrogens (tertiary/aromatic N) is 1. The minimum atomic E-state index is -3.90. The quantitative estimate of drug-likeness (QED) is 0.277. The van der Waals surface area contributed by atoms with Gasteiger partial charge in [0.25, 0.3) is 10.0 Å². The summed E-state index contributed by atoms with van der Waals surface area (Å²) < 4.78 is 28.1. The maximum absolute atomic E-state index is 13.5. The maximum atomic E-state index is 13.5. The van der Waals surface area contributed by atoms with Crippen molar-refractivity contribution in [2.45, 2.75) is 42.9 Å². The molecule has 34 heavy (non-hydrogen) atoms. The average molecular weight is 497 g/mol. The number of carbonyl (C=O) groups excluding carboxylic acids is 1. The van der Waals surface area contributed by atoms with Crippen LogP contribution in [0.5, 0.6) is 0 Å². The first-order valence-electron chi connectivity index (χ1n) is 11.4. The van der Waals surface area contributed by atoms with Crippen LogP contribution in [0, 0.1) is 6.92 Å². The van der Waals surface area contributed by atoms with Crippen LogP contribution in [0.25, 0.3) is 0 Å². The van der Waals surface area contributed by atoms with E-state index in [1.165, 1.54) is 9.20 Å². The van der Waals surface area contributed by atoms with Crippen LogP contribution in [0.15, 0.2) is 88.7 Å². The number of hydrogen-bond donors (Lipinski definition) is 1. The van der Waals surface area contributed by atoms with Crippen LogP contribution in [0.4, 0.5) is 5.69 Å².